The van der Waals surface area contributed by atoms with Crippen molar-refractivity contribution in [2.45, 2.75) is 0 Å². The Morgan fingerprint density at radius 3 is 2.93 bits per heavy atom. The van der Waals surface area contributed by atoms with Gasteiger partial charge in [-0.2, -0.15) is 0 Å². The lowest BCUT2D eigenvalue weighted by Gasteiger charge is -1.92. The first-order valence-electron chi connectivity index (χ1n) is 4.79. The van der Waals surface area contributed by atoms with Crippen molar-refractivity contribution in [2.24, 2.45) is 4.99 Å². The summed E-state index contributed by atoms with van der Waals surface area (Å²) in [6.07, 6.45) is 0. The second-order valence-corrected chi connectivity index (χ2v) is 5.26. The number of thioether (sulfide) groups is 2. The van der Waals surface area contributed by atoms with E-state index in [-0.39, 0.29) is 0 Å². The summed E-state index contributed by atoms with van der Waals surface area (Å²) < 4.78 is 1.19. The molecule has 0 radical (unpaired) electrons. The maximum Gasteiger partial charge on any atom is 0.125 e. The zero-order valence-electron chi connectivity index (χ0n) is 8.27. The van der Waals surface area contributed by atoms with Gasteiger partial charge < -0.3 is 0 Å². The molecule has 1 aliphatic heterocycles. The van der Waals surface area contributed by atoms with E-state index >= 15 is 0 Å². The van der Waals surface area contributed by atoms with E-state index in [0.29, 0.717) is 0 Å². The highest BCUT2D eigenvalue weighted by atomic mass is 32.2. The molecule has 0 saturated carbocycles. The average molecular weight is 233 g/mol. The van der Waals surface area contributed by atoms with E-state index in [1.807, 2.05) is 42.1 Å². The topological polar surface area (TPSA) is 12.4 Å². The third kappa shape index (κ3) is 3.65. The number of aliphatic imine (C=N–C) groups is 1. The van der Waals surface area contributed by atoms with Crippen LogP contribution < -0.4 is 0 Å². The maximum absolute atomic E-state index is 4.36. The summed E-state index contributed by atoms with van der Waals surface area (Å²) in [4.78, 5) is 4.36. The molecule has 0 aromatic heterocycles. The normalized spacial score (nSPS) is 14.3. The first kappa shape index (κ1) is 10.7. The molecule has 0 N–H and O–H groups in total. The van der Waals surface area contributed by atoms with Crippen LogP contribution in [0.1, 0.15) is 5.56 Å². The van der Waals surface area contributed by atoms with E-state index in [1.165, 1.54) is 4.38 Å². The Bertz CT molecular complexity index is 401. The molecule has 2 rings (SSSR count). The molecule has 1 heterocycles. The van der Waals surface area contributed by atoms with E-state index in [9.17, 15) is 0 Å². The summed E-state index contributed by atoms with van der Waals surface area (Å²) in [6.45, 7) is 0.971. The summed E-state index contributed by atoms with van der Waals surface area (Å²) in [5.41, 5.74) is 1.08. The second kappa shape index (κ2) is 5.89. The van der Waals surface area contributed by atoms with Crippen molar-refractivity contribution in [3.8, 4) is 11.8 Å². The minimum absolute atomic E-state index is 0.834. The highest BCUT2D eigenvalue weighted by molar-refractivity contribution is 8.39. The fraction of sp³-hybridized carbons (Fsp3) is 0.250. The molecule has 3 heteroatoms. The number of hydrogen-bond donors (Lipinski definition) is 0. The molecule has 0 amide bonds. The summed E-state index contributed by atoms with van der Waals surface area (Å²) >= 11 is 3.58. The summed E-state index contributed by atoms with van der Waals surface area (Å²) in [5, 5.41) is 0. The van der Waals surface area contributed by atoms with Crippen LogP contribution in [-0.2, 0) is 0 Å². The van der Waals surface area contributed by atoms with Crippen LogP contribution in [0.15, 0.2) is 35.3 Å². The molecule has 0 saturated heterocycles. The van der Waals surface area contributed by atoms with Gasteiger partial charge in [-0.05, 0) is 12.1 Å². The fourth-order valence-corrected chi connectivity index (χ4v) is 2.91. The molecular formula is C12H11NS2. The second-order valence-electron chi connectivity index (χ2n) is 2.95. The van der Waals surface area contributed by atoms with Gasteiger partial charge in [-0.3, -0.25) is 4.99 Å². The van der Waals surface area contributed by atoms with E-state index in [4.69, 9.17) is 0 Å². The molecule has 1 aromatic carbocycles. The largest absolute Gasteiger partial charge is 0.271 e. The minimum Gasteiger partial charge on any atom is -0.271 e. The molecule has 0 spiro atoms. The van der Waals surface area contributed by atoms with Crippen LogP contribution in [0, 0.1) is 11.8 Å². The highest BCUT2D eigenvalue weighted by Gasteiger charge is 2.05. The van der Waals surface area contributed by atoms with Crippen LogP contribution in [-0.4, -0.2) is 22.4 Å². The molecule has 1 aliphatic rings. The predicted octanol–water partition coefficient (Wildman–Crippen LogP) is 2.87. The molecule has 0 aliphatic carbocycles. The van der Waals surface area contributed by atoms with Gasteiger partial charge in [0.1, 0.15) is 4.38 Å². The van der Waals surface area contributed by atoms with Crippen LogP contribution in [0.5, 0.6) is 0 Å². The predicted molar refractivity (Wildman–Crippen MR) is 70.5 cm³/mol. The first-order chi connectivity index (χ1) is 7.45. The zero-order chi connectivity index (χ0) is 10.3. The fourth-order valence-electron chi connectivity index (χ4n) is 1.16. The van der Waals surface area contributed by atoms with Gasteiger partial charge in [0.05, 0.1) is 12.3 Å². The van der Waals surface area contributed by atoms with Gasteiger partial charge in [0.15, 0.2) is 0 Å². The van der Waals surface area contributed by atoms with E-state index in [0.717, 1.165) is 23.6 Å². The Balaban J connectivity index is 1.80. The Morgan fingerprint density at radius 2 is 2.20 bits per heavy atom. The minimum atomic E-state index is 0.834. The van der Waals surface area contributed by atoms with Crippen molar-refractivity contribution >= 4 is 27.9 Å². The zero-order valence-corrected chi connectivity index (χ0v) is 9.90. The Morgan fingerprint density at radius 1 is 1.33 bits per heavy atom. The first-order valence-corrected chi connectivity index (χ1v) is 6.76. The number of nitrogens with zero attached hydrogens (tertiary/aromatic N) is 1. The van der Waals surface area contributed by atoms with Crippen LogP contribution in [0.3, 0.4) is 0 Å². The summed E-state index contributed by atoms with van der Waals surface area (Å²) in [6, 6.07) is 10.1. The van der Waals surface area contributed by atoms with Crippen molar-refractivity contribution in [3.05, 3.63) is 35.9 Å². The Kier molecular flexibility index (Phi) is 4.19. The quantitative estimate of drug-likeness (QED) is 0.692. The molecule has 0 unspecified atom stereocenters. The van der Waals surface area contributed by atoms with Crippen molar-refractivity contribution in [1.82, 2.24) is 0 Å². The third-order valence-electron chi connectivity index (χ3n) is 1.83. The lowest BCUT2D eigenvalue weighted by molar-refractivity contribution is 1.18. The lowest BCUT2D eigenvalue weighted by Crippen LogP contribution is -1.81. The van der Waals surface area contributed by atoms with Gasteiger partial charge >= 0.3 is 0 Å². The average Bonchev–Trinajstić information content (AvgIpc) is 2.79. The van der Waals surface area contributed by atoms with Gasteiger partial charge in [-0.15, -0.1) is 0 Å². The van der Waals surface area contributed by atoms with Gasteiger partial charge in [-0.1, -0.05) is 53.6 Å². The van der Waals surface area contributed by atoms with Crippen molar-refractivity contribution in [3.63, 3.8) is 0 Å². The van der Waals surface area contributed by atoms with Gasteiger partial charge in [-0.25, -0.2) is 0 Å². The monoisotopic (exact) mass is 233 g/mol. The number of hydrogen-bond acceptors (Lipinski definition) is 3. The molecule has 0 atom stereocenters. The molecule has 0 bridgehead atoms. The molecule has 1 aromatic rings. The van der Waals surface area contributed by atoms with E-state index < -0.39 is 0 Å². The van der Waals surface area contributed by atoms with Crippen LogP contribution in [0.4, 0.5) is 0 Å². The SMILES string of the molecule is C(#Cc1ccccc1)CSC1=NCCS1. The molecule has 0 fully saturated rings. The number of benzene rings is 1. The highest BCUT2D eigenvalue weighted by Crippen LogP contribution is 2.21. The third-order valence-corrected chi connectivity index (χ3v) is 3.97. The standard InChI is InChI=1S/C12H11NS2/c1-2-5-11(6-3-1)7-4-9-14-12-13-8-10-15-12/h1-3,5-6H,8-10H2. The summed E-state index contributed by atoms with van der Waals surface area (Å²) in [7, 11) is 0. The molecule has 15 heavy (non-hydrogen) atoms. The lowest BCUT2D eigenvalue weighted by atomic mass is 10.2. The van der Waals surface area contributed by atoms with Crippen molar-refractivity contribution in [2.75, 3.05) is 18.1 Å². The molecule has 1 nitrogen and oxygen atoms in total. The van der Waals surface area contributed by atoms with Crippen LogP contribution in [0.25, 0.3) is 0 Å². The van der Waals surface area contributed by atoms with Crippen LogP contribution >= 0.6 is 23.5 Å². The van der Waals surface area contributed by atoms with Crippen molar-refractivity contribution < 1.29 is 0 Å². The smallest absolute Gasteiger partial charge is 0.125 e. The van der Waals surface area contributed by atoms with E-state index in [1.54, 1.807) is 11.8 Å². The Labute approximate surface area is 98.8 Å². The number of rotatable bonds is 1. The van der Waals surface area contributed by atoms with Gasteiger partial charge in [0, 0.05) is 11.3 Å². The Hall–Kier alpha value is -0.850. The molecular weight excluding hydrogens is 222 g/mol. The van der Waals surface area contributed by atoms with E-state index in [2.05, 4.69) is 16.8 Å². The van der Waals surface area contributed by atoms with Crippen molar-refractivity contribution in [1.29, 1.82) is 0 Å². The van der Waals surface area contributed by atoms with Gasteiger partial charge in [0.25, 0.3) is 0 Å². The van der Waals surface area contributed by atoms with Crippen LogP contribution in [0.2, 0.25) is 0 Å². The molecule has 76 valence electrons. The maximum atomic E-state index is 4.36. The van der Waals surface area contributed by atoms with Gasteiger partial charge in [0.2, 0.25) is 0 Å². The summed E-state index contributed by atoms with van der Waals surface area (Å²) in [5.74, 6) is 8.25.